The lowest BCUT2D eigenvalue weighted by Crippen LogP contribution is -2.40. The van der Waals surface area contributed by atoms with Crippen LogP contribution in [0.4, 0.5) is 0 Å². The Kier molecular flexibility index (Phi) is 6.34. The molecular formula is C16H25NO6S2. The van der Waals surface area contributed by atoms with Gasteiger partial charge in [0.05, 0.1) is 29.6 Å². The van der Waals surface area contributed by atoms with Gasteiger partial charge in [0.2, 0.25) is 10.0 Å². The zero-order chi connectivity index (χ0) is 18.7. The van der Waals surface area contributed by atoms with Crippen molar-refractivity contribution in [3.63, 3.8) is 0 Å². The second-order valence-corrected chi connectivity index (χ2v) is 9.86. The number of sulfonamides is 1. The number of benzene rings is 1. The predicted molar refractivity (Wildman–Crippen MR) is 95.4 cm³/mol. The van der Waals surface area contributed by atoms with Crippen molar-refractivity contribution in [3.8, 4) is 11.5 Å². The fraction of sp³-hybridized carbons (Fsp3) is 0.625. The maximum Gasteiger partial charge on any atom is 0.243 e. The summed E-state index contributed by atoms with van der Waals surface area (Å²) in [5.41, 5.74) is 0. The molecule has 25 heavy (non-hydrogen) atoms. The molecule has 0 aromatic heterocycles. The minimum absolute atomic E-state index is 0.0250. The molecule has 142 valence electrons. The lowest BCUT2D eigenvalue weighted by Gasteiger charge is -2.26. The molecule has 1 aromatic rings. The highest BCUT2D eigenvalue weighted by Gasteiger charge is 2.38. The summed E-state index contributed by atoms with van der Waals surface area (Å²) in [6, 6.07) is 3.95. The van der Waals surface area contributed by atoms with Crippen molar-refractivity contribution >= 4 is 19.9 Å². The van der Waals surface area contributed by atoms with Gasteiger partial charge < -0.3 is 9.47 Å². The van der Waals surface area contributed by atoms with E-state index in [0.29, 0.717) is 31.1 Å². The zero-order valence-electron chi connectivity index (χ0n) is 14.8. The molecule has 1 aromatic carbocycles. The van der Waals surface area contributed by atoms with Crippen LogP contribution in [-0.4, -0.2) is 58.4 Å². The molecule has 0 spiro atoms. The quantitative estimate of drug-likeness (QED) is 0.670. The van der Waals surface area contributed by atoms with Crippen LogP contribution in [0.25, 0.3) is 0 Å². The second-order valence-electron chi connectivity index (χ2n) is 5.74. The monoisotopic (exact) mass is 391 g/mol. The molecule has 0 radical (unpaired) electrons. The molecule has 2 rings (SSSR count). The number of hydrogen-bond donors (Lipinski definition) is 0. The van der Waals surface area contributed by atoms with Crippen LogP contribution in [-0.2, 0) is 19.9 Å². The van der Waals surface area contributed by atoms with Crippen molar-refractivity contribution in [1.82, 2.24) is 4.31 Å². The van der Waals surface area contributed by atoms with Crippen LogP contribution in [0.3, 0.4) is 0 Å². The van der Waals surface area contributed by atoms with Crippen molar-refractivity contribution in [2.24, 2.45) is 0 Å². The SMILES string of the molecule is CCOc1ccc(S(=O)(=O)N(CC)C2CCS(=O)(=O)C2)cc1OCC. The first-order chi connectivity index (χ1) is 11.7. The summed E-state index contributed by atoms with van der Waals surface area (Å²) >= 11 is 0. The van der Waals surface area contributed by atoms with E-state index in [9.17, 15) is 16.8 Å². The Hall–Kier alpha value is -1.32. The Balaban J connectivity index is 2.38. The molecule has 1 fully saturated rings. The van der Waals surface area contributed by atoms with Crippen LogP contribution >= 0.6 is 0 Å². The summed E-state index contributed by atoms with van der Waals surface area (Å²) in [7, 11) is -7.00. The van der Waals surface area contributed by atoms with Crippen LogP contribution in [0.1, 0.15) is 27.2 Å². The van der Waals surface area contributed by atoms with Crippen molar-refractivity contribution in [3.05, 3.63) is 18.2 Å². The van der Waals surface area contributed by atoms with Gasteiger partial charge in [-0.25, -0.2) is 16.8 Å². The first-order valence-corrected chi connectivity index (χ1v) is 11.6. The van der Waals surface area contributed by atoms with Gasteiger partial charge in [0.1, 0.15) is 0 Å². The van der Waals surface area contributed by atoms with Crippen LogP contribution < -0.4 is 9.47 Å². The number of nitrogens with zero attached hydrogens (tertiary/aromatic N) is 1. The molecule has 1 aliphatic heterocycles. The standard InChI is InChI=1S/C16H25NO6S2/c1-4-17(13-9-10-24(18,19)12-13)25(20,21)14-7-8-15(22-5-2)16(11-14)23-6-3/h7-8,11,13H,4-6,9-10,12H2,1-3H3. The van der Waals surface area contributed by atoms with Crippen LogP contribution in [0, 0.1) is 0 Å². The lowest BCUT2D eigenvalue weighted by atomic mass is 10.3. The van der Waals surface area contributed by atoms with Gasteiger partial charge in [0.15, 0.2) is 21.3 Å². The van der Waals surface area contributed by atoms with E-state index in [1.165, 1.54) is 16.4 Å². The van der Waals surface area contributed by atoms with Gasteiger partial charge in [-0.15, -0.1) is 0 Å². The highest BCUT2D eigenvalue weighted by molar-refractivity contribution is 7.92. The van der Waals surface area contributed by atoms with Gasteiger partial charge >= 0.3 is 0 Å². The molecule has 1 saturated heterocycles. The normalized spacial score (nSPS) is 19.9. The summed E-state index contributed by atoms with van der Waals surface area (Å²) in [6.07, 6.45) is 0.324. The first kappa shape index (κ1) is 20.0. The molecule has 1 heterocycles. The Morgan fingerprint density at radius 2 is 1.76 bits per heavy atom. The van der Waals surface area contributed by atoms with Gasteiger partial charge in [-0.3, -0.25) is 0 Å². The van der Waals surface area contributed by atoms with Crippen molar-refractivity contribution < 1.29 is 26.3 Å². The molecule has 0 bridgehead atoms. The molecule has 1 atom stereocenters. The van der Waals surface area contributed by atoms with E-state index in [0.717, 1.165) is 0 Å². The summed E-state index contributed by atoms with van der Waals surface area (Å²) in [6.45, 7) is 6.37. The van der Waals surface area contributed by atoms with Gasteiger partial charge in [0.25, 0.3) is 0 Å². The van der Waals surface area contributed by atoms with Crippen LogP contribution in [0.5, 0.6) is 11.5 Å². The van der Waals surface area contributed by atoms with Crippen molar-refractivity contribution in [2.75, 3.05) is 31.3 Å². The van der Waals surface area contributed by atoms with Gasteiger partial charge in [-0.05, 0) is 32.4 Å². The Morgan fingerprint density at radius 3 is 2.28 bits per heavy atom. The molecule has 1 unspecified atom stereocenters. The van der Waals surface area contributed by atoms with Crippen LogP contribution in [0.2, 0.25) is 0 Å². The highest BCUT2D eigenvalue weighted by Crippen LogP contribution is 2.32. The molecule has 1 aliphatic rings. The Bertz CT molecular complexity index is 804. The van der Waals surface area contributed by atoms with E-state index in [4.69, 9.17) is 9.47 Å². The maximum atomic E-state index is 13.0. The average Bonchev–Trinajstić information content (AvgIpc) is 2.89. The predicted octanol–water partition coefficient (Wildman–Crippen LogP) is 1.68. The number of hydrogen-bond acceptors (Lipinski definition) is 6. The molecular weight excluding hydrogens is 366 g/mol. The highest BCUT2D eigenvalue weighted by atomic mass is 32.2. The van der Waals surface area contributed by atoms with Crippen molar-refractivity contribution in [1.29, 1.82) is 0 Å². The Morgan fingerprint density at radius 1 is 1.12 bits per heavy atom. The number of rotatable bonds is 8. The van der Waals surface area contributed by atoms with E-state index in [1.54, 1.807) is 19.9 Å². The molecule has 0 amide bonds. The largest absolute Gasteiger partial charge is 0.490 e. The van der Waals surface area contributed by atoms with Crippen LogP contribution in [0.15, 0.2) is 23.1 Å². The summed E-state index contributed by atoms with van der Waals surface area (Å²) in [5, 5.41) is 0. The van der Waals surface area contributed by atoms with E-state index in [2.05, 4.69) is 0 Å². The first-order valence-electron chi connectivity index (χ1n) is 8.37. The fourth-order valence-corrected chi connectivity index (χ4v) is 6.46. The second kappa shape index (κ2) is 7.92. The summed E-state index contributed by atoms with van der Waals surface area (Å²) in [4.78, 5) is 0.0746. The molecule has 0 saturated carbocycles. The third-order valence-electron chi connectivity index (χ3n) is 4.05. The van der Waals surface area contributed by atoms with Gasteiger partial charge in [-0.1, -0.05) is 6.92 Å². The van der Waals surface area contributed by atoms with E-state index in [1.807, 2.05) is 6.92 Å². The average molecular weight is 392 g/mol. The Labute approximate surface area is 149 Å². The minimum Gasteiger partial charge on any atom is -0.490 e. The lowest BCUT2D eigenvalue weighted by molar-refractivity contribution is 0.286. The van der Waals surface area contributed by atoms with Gasteiger partial charge in [-0.2, -0.15) is 4.31 Å². The molecule has 7 nitrogen and oxygen atoms in total. The molecule has 0 N–H and O–H groups in total. The van der Waals surface area contributed by atoms with E-state index >= 15 is 0 Å². The van der Waals surface area contributed by atoms with E-state index < -0.39 is 25.9 Å². The topological polar surface area (TPSA) is 90.0 Å². The third-order valence-corrected chi connectivity index (χ3v) is 7.82. The summed E-state index contributed by atoms with van der Waals surface area (Å²) in [5.74, 6) is 0.738. The maximum absolute atomic E-state index is 13.0. The zero-order valence-corrected chi connectivity index (χ0v) is 16.4. The smallest absolute Gasteiger partial charge is 0.243 e. The summed E-state index contributed by atoms with van der Waals surface area (Å²) < 4.78 is 61.7. The molecule has 9 heteroatoms. The van der Waals surface area contributed by atoms with Gasteiger partial charge in [0, 0.05) is 18.7 Å². The third kappa shape index (κ3) is 4.45. The fourth-order valence-electron chi connectivity index (χ4n) is 2.95. The molecule has 0 aliphatic carbocycles. The van der Waals surface area contributed by atoms with E-state index in [-0.39, 0.29) is 22.9 Å². The number of ether oxygens (including phenoxy) is 2. The van der Waals surface area contributed by atoms with Crippen molar-refractivity contribution in [2.45, 2.75) is 38.1 Å². The minimum atomic E-state index is -3.82. The number of sulfone groups is 1.